The van der Waals surface area contributed by atoms with Gasteiger partial charge in [0.15, 0.2) is 6.61 Å². The molecule has 3 rings (SSSR count). The molecule has 0 spiro atoms. The summed E-state index contributed by atoms with van der Waals surface area (Å²) in [7, 11) is 0. The summed E-state index contributed by atoms with van der Waals surface area (Å²) in [5.74, 6) is -1.34. The molecule has 0 saturated carbocycles. The highest BCUT2D eigenvalue weighted by molar-refractivity contribution is 7.12. The van der Waals surface area contributed by atoms with Gasteiger partial charge >= 0.3 is 5.97 Å². The van der Waals surface area contributed by atoms with Crippen LogP contribution in [0.2, 0.25) is 0 Å². The van der Waals surface area contributed by atoms with Crippen molar-refractivity contribution in [1.29, 1.82) is 0 Å². The molecule has 27 heavy (non-hydrogen) atoms. The molecule has 3 aromatic rings. The van der Waals surface area contributed by atoms with Crippen molar-refractivity contribution in [2.24, 2.45) is 0 Å². The van der Waals surface area contributed by atoms with Gasteiger partial charge in [-0.15, -0.1) is 22.7 Å². The smallest absolute Gasteiger partial charge is 0.339 e. The molecule has 0 aliphatic rings. The first-order chi connectivity index (χ1) is 13.1. The van der Waals surface area contributed by atoms with E-state index < -0.39 is 18.5 Å². The van der Waals surface area contributed by atoms with Gasteiger partial charge in [-0.3, -0.25) is 9.59 Å². The molecule has 1 unspecified atom stereocenters. The lowest BCUT2D eigenvalue weighted by Crippen LogP contribution is -2.31. The van der Waals surface area contributed by atoms with E-state index in [1.165, 1.54) is 28.7 Å². The van der Waals surface area contributed by atoms with Gasteiger partial charge in [0.1, 0.15) is 0 Å². The van der Waals surface area contributed by atoms with E-state index in [2.05, 4.69) is 5.32 Å². The summed E-state index contributed by atoms with van der Waals surface area (Å²) >= 11 is 2.84. The summed E-state index contributed by atoms with van der Waals surface area (Å²) in [5.41, 5.74) is 0.410. The zero-order valence-electron chi connectivity index (χ0n) is 14.5. The standard InChI is InChI=1S/C20H17NO4S2/c1-13(16-8-4-10-26-16)21-18(22)12-25-20(24)15-7-3-2-6-14(15)19(23)17-9-5-11-27-17/h2-11,13H,12H2,1H3,(H,21,22). The lowest BCUT2D eigenvalue weighted by atomic mass is 10.0. The summed E-state index contributed by atoms with van der Waals surface area (Å²) < 4.78 is 5.12. The molecule has 2 aromatic heterocycles. The average molecular weight is 399 g/mol. The number of ether oxygens (including phenoxy) is 1. The molecule has 0 bridgehead atoms. The number of carbonyl (C=O) groups excluding carboxylic acids is 3. The van der Waals surface area contributed by atoms with Crippen molar-refractivity contribution in [2.45, 2.75) is 13.0 Å². The van der Waals surface area contributed by atoms with E-state index in [1.54, 1.807) is 35.7 Å². The van der Waals surface area contributed by atoms with Crippen LogP contribution in [0.5, 0.6) is 0 Å². The van der Waals surface area contributed by atoms with Crippen molar-refractivity contribution in [1.82, 2.24) is 5.32 Å². The number of benzene rings is 1. The monoisotopic (exact) mass is 399 g/mol. The molecule has 0 saturated heterocycles. The fourth-order valence-electron chi connectivity index (χ4n) is 2.50. The van der Waals surface area contributed by atoms with Crippen molar-refractivity contribution in [2.75, 3.05) is 6.61 Å². The second-order valence-electron chi connectivity index (χ2n) is 5.73. The van der Waals surface area contributed by atoms with Crippen LogP contribution in [0.4, 0.5) is 0 Å². The zero-order chi connectivity index (χ0) is 19.2. The van der Waals surface area contributed by atoms with Crippen LogP contribution < -0.4 is 5.32 Å². The Bertz CT molecular complexity index is 933. The van der Waals surface area contributed by atoms with Crippen LogP contribution in [0, 0.1) is 0 Å². The molecule has 7 heteroatoms. The molecule has 1 amide bonds. The number of esters is 1. The number of amides is 1. The van der Waals surface area contributed by atoms with Gasteiger partial charge < -0.3 is 10.1 Å². The topological polar surface area (TPSA) is 72.5 Å². The van der Waals surface area contributed by atoms with E-state index in [4.69, 9.17) is 4.74 Å². The fraction of sp³-hybridized carbons (Fsp3) is 0.150. The summed E-state index contributed by atoms with van der Waals surface area (Å²) in [6, 6.07) is 13.6. The first-order valence-corrected chi connectivity index (χ1v) is 9.99. The summed E-state index contributed by atoms with van der Waals surface area (Å²) in [6.45, 7) is 1.45. The second kappa shape index (κ2) is 8.75. The molecule has 2 heterocycles. The molecule has 0 fully saturated rings. The van der Waals surface area contributed by atoms with E-state index in [1.807, 2.05) is 24.4 Å². The highest BCUT2D eigenvalue weighted by atomic mass is 32.1. The van der Waals surface area contributed by atoms with Gasteiger partial charge in [0.25, 0.3) is 5.91 Å². The minimum atomic E-state index is -0.700. The quantitative estimate of drug-likeness (QED) is 0.480. The van der Waals surface area contributed by atoms with Gasteiger partial charge in [-0.05, 0) is 35.9 Å². The third kappa shape index (κ3) is 4.69. The highest BCUT2D eigenvalue weighted by Crippen LogP contribution is 2.20. The van der Waals surface area contributed by atoms with E-state index in [-0.39, 0.29) is 23.0 Å². The van der Waals surface area contributed by atoms with Crippen molar-refractivity contribution >= 4 is 40.3 Å². The maximum atomic E-state index is 12.6. The van der Waals surface area contributed by atoms with Crippen molar-refractivity contribution in [3.8, 4) is 0 Å². The Balaban J connectivity index is 1.63. The number of ketones is 1. The van der Waals surface area contributed by atoms with Crippen LogP contribution in [-0.2, 0) is 9.53 Å². The first-order valence-electron chi connectivity index (χ1n) is 8.23. The van der Waals surface area contributed by atoms with Crippen LogP contribution in [0.3, 0.4) is 0 Å². The fourth-order valence-corrected chi connectivity index (χ4v) is 3.91. The van der Waals surface area contributed by atoms with E-state index in [0.29, 0.717) is 4.88 Å². The third-order valence-electron chi connectivity index (χ3n) is 3.82. The minimum absolute atomic E-state index is 0.148. The summed E-state index contributed by atoms with van der Waals surface area (Å²) in [4.78, 5) is 38.6. The van der Waals surface area contributed by atoms with Gasteiger partial charge in [0, 0.05) is 10.4 Å². The third-order valence-corrected chi connectivity index (χ3v) is 5.74. The van der Waals surface area contributed by atoms with Gasteiger partial charge in [-0.2, -0.15) is 0 Å². The molecular formula is C20H17NO4S2. The zero-order valence-corrected chi connectivity index (χ0v) is 16.1. The highest BCUT2D eigenvalue weighted by Gasteiger charge is 2.20. The Morgan fingerprint density at radius 2 is 1.67 bits per heavy atom. The normalized spacial score (nSPS) is 11.6. The van der Waals surface area contributed by atoms with Crippen LogP contribution in [0.1, 0.15) is 43.4 Å². The van der Waals surface area contributed by atoms with Crippen molar-refractivity contribution < 1.29 is 19.1 Å². The van der Waals surface area contributed by atoms with Crippen LogP contribution in [0.25, 0.3) is 0 Å². The van der Waals surface area contributed by atoms with Crippen LogP contribution >= 0.6 is 22.7 Å². The summed E-state index contributed by atoms with van der Waals surface area (Å²) in [5, 5.41) is 6.51. The molecule has 0 aliphatic heterocycles. The number of thiophene rings is 2. The van der Waals surface area contributed by atoms with E-state index >= 15 is 0 Å². The van der Waals surface area contributed by atoms with Crippen molar-refractivity contribution in [3.63, 3.8) is 0 Å². The predicted molar refractivity (Wildman–Crippen MR) is 105 cm³/mol. The largest absolute Gasteiger partial charge is 0.452 e. The minimum Gasteiger partial charge on any atom is -0.452 e. The molecule has 5 nitrogen and oxygen atoms in total. The molecule has 1 aromatic carbocycles. The number of carbonyl (C=O) groups is 3. The number of rotatable bonds is 7. The Morgan fingerprint density at radius 1 is 0.963 bits per heavy atom. The Hall–Kier alpha value is -2.77. The lowest BCUT2D eigenvalue weighted by molar-refractivity contribution is -0.124. The number of nitrogens with one attached hydrogen (secondary N) is 1. The van der Waals surface area contributed by atoms with Crippen LogP contribution in [0.15, 0.2) is 59.3 Å². The molecular weight excluding hydrogens is 382 g/mol. The Kier molecular flexibility index (Phi) is 6.16. The molecule has 138 valence electrons. The SMILES string of the molecule is CC(NC(=O)COC(=O)c1ccccc1C(=O)c1cccs1)c1cccs1. The molecule has 1 N–H and O–H groups in total. The second-order valence-corrected chi connectivity index (χ2v) is 7.66. The van der Waals surface area contributed by atoms with E-state index in [9.17, 15) is 14.4 Å². The molecule has 0 radical (unpaired) electrons. The first kappa shape index (κ1) is 19.0. The predicted octanol–water partition coefficient (Wildman–Crippen LogP) is 4.07. The maximum Gasteiger partial charge on any atom is 0.339 e. The lowest BCUT2D eigenvalue weighted by Gasteiger charge is -2.13. The number of hydrogen-bond acceptors (Lipinski definition) is 6. The van der Waals surface area contributed by atoms with E-state index in [0.717, 1.165) is 4.88 Å². The van der Waals surface area contributed by atoms with Gasteiger partial charge in [-0.1, -0.05) is 30.3 Å². The Morgan fingerprint density at radius 3 is 2.33 bits per heavy atom. The van der Waals surface area contributed by atoms with Gasteiger partial charge in [-0.25, -0.2) is 4.79 Å². The summed E-state index contributed by atoms with van der Waals surface area (Å²) in [6.07, 6.45) is 0. The van der Waals surface area contributed by atoms with Gasteiger partial charge in [0.05, 0.1) is 16.5 Å². The average Bonchev–Trinajstić information content (AvgIpc) is 3.39. The van der Waals surface area contributed by atoms with Crippen molar-refractivity contribution in [3.05, 3.63) is 80.2 Å². The van der Waals surface area contributed by atoms with Gasteiger partial charge in [0.2, 0.25) is 5.78 Å². The molecule has 1 atom stereocenters. The number of hydrogen-bond donors (Lipinski definition) is 1. The Labute approximate surface area is 164 Å². The van der Waals surface area contributed by atoms with Crippen LogP contribution in [-0.4, -0.2) is 24.3 Å². The molecule has 0 aliphatic carbocycles. The maximum absolute atomic E-state index is 12.6.